The Morgan fingerprint density at radius 2 is 1.83 bits per heavy atom. The Morgan fingerprint density at radius 1 is 1.17 bits per heavy atom. The van der Waals surface area contributed by atoms with Crippen LogP contribution in [0, 0.1) is 0 Å². The monoisotopic (exact) mass is 358 g/mol. The van der Waals surface area contributed by atoms with E-state index in [1.807, 2.05) is 4.72 Å². The van der Waals surface area contributed by atoms with Crippen molar-refractivity contribution in [3.8, 4) is 0 Å². The minimum atomic E-state index is -4.14. The van der Waals surface area contributed by atoms with Crippen molar-refractivity contribution < 1.29 is 18.0 Å². The first kappa shape index (κ1) is 17.7. The molecule has 0 aromatic heterocycles. The van der Waals surface area contributed by atoms with E-state index in [4.69, 9.17) is 11.6 Å². The summed E-state index contributed by atoms with van der Waals surface area (Å²) >= 11 is 5.90. The van der Waals surface area contributed by atoms with Crippen molar-refractivity contribution in [1.29, 1.82) is 0 Å². The number of carbonyl (C=O) groups excluding carboxylic acids is 2. The van der Waals surface area contributed by atoms with Gasteiger partial charge in [-0.3, -0.25) is 4.79 Å². The molecule has 2 amide bonds. The maximum Gasteiger partial charge on any atom is 0.328 e. The third-order valence-electron chi connectivity index (χ3n) is 3.79. The fourth-order valence-electron chi connectivity index (χ4n) is 2.57. The second kappa shape index (κ2) is 7.31. The van der Waals surface area contributed by atoms with Crippen molar-refractivity contribution in [2.75, 3.05) is 0 Å². The maximum absolute atomic E-state index is 12.3. The normalized spacial score (nSPS) is 15.9. The van der Waals surface area contributed by atoms with Crippen LogP contribution in [-0.4, -0.2) is 26.3 Å². The molecule has 0 unspecified atom stereocenters. The van der Waals surface area contributed by atoms with Crippen LogP contribution < -0.4 is 10.0 Å². The molecule has 126 valence electrons. The van der Waals surface area contributed by atoms with Gasteiger partial charge in [0.15, 0.2) is 5.78 Å². The highest BCUT2D eigenvalue weighted by molar-refractivity contribution is 7.90. The molecule has 1 aliphatic carbocycles. The Bertz CT molecular complexity index is 712. The molecule has 6 nitrogen and oxygen atoms in total. The average Bonchev–Trinajstić information content (AvgIpc) is 2.47. The number of halogens is 1. The number of hydrogen-bond acceptors (Lipinski definition) is 4. The van der Waals surface area contributed by atoms with Crippen LogP contribution in [0.1, 0.15) is 49.4 Å². The molecule has 1 aliphatic rings. The Morgan fingerprint density at radius 3 is 2.43 bits per heavy atom. The van der Waals surface area contributed by atoms with E-state index in [0.717, 1.165) is 32.1 Å². The van der Waals surface area contributed by atoms with E-state index in [9.17, 15) is 18.0 Å². The van der Waals surface area contributed by atoms with Crippen LogP contribution in [0.3, 0.4) is 0 Å². The zero-order valence-corrected chi connectivity index (χ0v) is 14.3. The highest BCUT2D eigenvalue weighted by Gasteiger charge is 2.24. The molecule has 0 spiro atoms. The lowest BCUT2D eigenvalue weighted by atomic mass is 9.96. The highest BCUT2D eigenvalue weighted by Crippen LogP contribution is 2.23. The van der Waals surface area contributed by atoms with Gasteiger partial charge in [0.2, 0.25) is 0 Å². The number of ketones is 1. The Balaban J connectivity index is 2.13. The Kier molecular flexibility index (Phi) is 5.64. The predicted molar refractivity (Wildman–Crippen MR) is 87.2 cm³/mol. The quantitative estimate of drug-likeness (QED) is 0.809. The molecule has 0 heterocycles. The van der Waals surface area contributed by atoms with Gasteiger partial charge in [-0.05, 0) is 38.0 Å². The molecule has 1 aromatic carbocycles. The van der Waals surface area contributed by atoms with Gasteiger partial charge in [-0.2, -0.15) is 0 Å². The summed E-state index contributed by atoms with van der Waals surface area (Å²) in [4.78, 5) is 23.0. The third kappa shape index (κ3) is 4.68. The summed E-state index contributed by atoms with van der Waals surface area (Å²) in [5.41, 5.74) is 0.211. The van der Waals surface area contributed by atoms with Crippen molar-refractivity contribution in [3.05, 3.63) is 28.8 Å². The number of sulfonamides is 1. The molecule has 0 atom stereocenters. The topological polar surface area (TPSA) is 92.3 Å². The van der Waals surface area contributed by atoms with Crippen molar-refractivity contribution in [1.82, 2.24) is 10.0 Å². The van der Waals surface area contributed by atoms with E-state index in [0.29, 0.717) is 0 Å². The third-order valence-corrected chi connectivity index (χ3v) is 5.61. The van der Waals surface area contributed by atoms with Gasteiger partial charge in [-0.25, -0.2) is 17.9 Å². The zero-order chi connectivity index (χ0) is 17.0. The molecule has 1 fully saturated rings. The van der Waals surface area contributed by atoms with E-state index in [2.05, 4.69) is 5.32 Å². The van der Waals surface area contributed by atoms with Gasteiger partial charge in [-0.15, -0.1) is 0 Å². The molecular weight excluding hydrogens is 340 g/mol. The van der Waals surface area contributed by atoms with Crippen LogP contribution in [0.4, 0.5) is 4.79 Å². The lowest BCUT2D eigenvalue weighted by Gasteiger charge is -2.22. The summed E-state index contributed by atoms with van der Waals surface area (Å²) in [6.07, 6.45) is 4.85. The smallest absolute Gasteiger partial charge is 0.328 e. The second-order valence-corrected chi connectivity index (χ2v) is 7.67. The Labute approximate surface area is 140 Å². The molecule has 1 aromatic rings. The van der Waals surface area contributed by atoms with E-state index < -0.39 is 16.1 Å². The fourth-order valence-corrected chi connectivity index (χ4v) is 4.01. The van der Waals surface area contributed by atoms with Crippen LogP contribution in [0.25, 0.3) is 0 Å². The number of urea groups is 1. The summed E-state index contributed by atoms with van der Waals surface area (Å²) in [5.74, 6) is -0.287. The number of amides is 2. The molecule has 8 heteroatoms. The molecular formula is C15H19ClN2O4S. The van der Waals surface area contributed by atoms with Crippen LogP contribution >= 0.6 is 11.6 Å². The molecule has 0 saturated heterocycles. The first-order valence-electron chi connectivity index (χ1n) is 7.43. The maximum atomic E-state index is 12.3. The van der Waals surface area contributed by atoms with E-state index in [1.165, 1.54) is 25.1 Å². The minimum absolute atomic E-state index is 0.0158. The van der Waals surface area contributed by atoms with Gasteiger partial charge >= 0.3 is 6.03 Å². The van der Waals surface area contributed by atoms with Crippen LogP contribution in [0.5, 0.6) is 0 Å². The lowest BCUT2D eigenvalue weighted by molar-refractivity contribution is 0.101. The number of benzene rings is 1. The predicted octanol–water partition coefficient (Wildman–Crippen LogP) is 2.86. The molecule has 0 aliphatic heterocycles. The zero-order valence-electron chi connectivity index (χ0n) is 12.8. The molecule has 23 heavy (non-hydrogen) atoms. The van der Waals surface area contributed by atoms with Crippen molar-refractivity contribution in [3.63, 3.8) is 0 Å². The van der Waals surface area contributed by atoms with Crippen molar-refractivity contribution in [2.45, 2.75) is 50.0 Å². The summed E-state index contributed by atoms with van der Waals surface area (Å²) in [5, 5.41) is 2.61. The van der Waals surface area contributed by atoms with Crippen LogP contribution in [0.2, 0.25) is 5.02 Å². The van der Waals surface area contributed by atoms with Crippen LogP contribution in [-0.2, 0) is 10.0 Å². The number of carbonyl (C=O) groups is 2. The fraction of sp³-hybridized carbons (Fsp3) is 0.467. The van der Waals surface area contributed by atoms with E-state index >= 15 is 0 Å². The highest BCUT2D eigenvalue weighted by atomic mass is 35.5. The van der Waals surface area contributed by atoms with Gasteiger partial charge in [-0.1, -0.05) is 30.9 Å². The standard InChI is InChI=1S/C15H19ClN2O4S/c1-10(19)11-7-8-13(16)14(9-11)23(21,22)18-15(20)17-12-5-3-2-4-6-12/h7-9,12H,2-6H2,1H3,(H2,17,18,20). The molecule has 0 radical (unpaired) electrons. The summed E-state index contributed by atoms with van der Waals surface area (Å²) in [7, 11) is -4.14. The SMILES string of the molecule is CC(=O)c1ccc(Cl)c(S(=O)(=O)NC(=O)NC2CCCCC2)c1. The molecule has 2 rings (SSSR count). The lowest BCUT2D eigenvalue weighted by Crippen LogP contribution is -2.45. The number of rotatable bonds is 4. The second-order valence-electron chi connectivity index (χ2n) is 5.62. The average molecular weight is 359 g/mol. The Hall–Kier alpha value is -1.60. The molecule has 1 saturated carbocycles. The van der Waals surface area contributed by atoms with E-state index in [-0.39, 0.29) is 27.3 Å². The molecule has 2 N–H and O–H groups in total. The summed E-state index contributed by atoms with van der Waals surface area (Å²) in [6, 6.07) is 3.14. The van der Waals surface area contributed by atoms with Gasteiger partial charge in [0.05, 0.1) is 5.02 Å². The number of nitrogens with one attached hydrogen (secondary N) is 2. The van der Waals surface area contributed by atoms with Crippen LogP contribution in [0.15, 0.2) is 23.1 Å². The van der Waals surface area contributed by atoms with E-state index in [1.54, 1.807) is 0 Å². The first-order chi connectivity index (χ1) is 10.8. The van der Waals surface area contributed by atoms with Gasteiger partial charge in [0.1, 0.15) is 4.90 Å². The first-order valence-corrected chi connectivity index (χ1v) is 9.29. The minimum Gasteiger partial charge on any atom is -0.335 e. The summed E-state index contributed by atoms with van der Waals surface area (Å²) in [6.45, 7) is 1.32. The van der Waals surface area contributed by atoms with Crippen molar-refractivity contribution in [2.24, 2.45) is 0 Å². The largest absolute Gasteiger partial charge is 0.335 e. The number of Topliss-reactive ketones (excluding diaryl/α,β-unsaturated/α-hetero) is 1. The number of hydrogen-bond donors (Lipinski definition) is 2. The van der Waals surface area contributed by atoms with Crippen molar-refractivity contribution >= 4 is 33.4 Å². The van der Waals surface area contributed by atoms with Gasteiger partial charge in [0.25, 0.3) is 10.0 Å². The van der Waals surface area contributed by atoms with Gasteiger partial charge < -0.3 is 5.32 Å². The molecule has 0 bridgehead atoms. The van der Waals surface area contributed by atoms with Gasteiger partial charge in [0, 0.05) is 11.6 Å². The summed E-state index contributed by atoms with van der Waals surface area (Å²) < 4.78 is 26.6.